The largest absolute Gasteiger partial charge is 0.444 e. The monoisotopic (exact) mass is 272 g/mol. The van der Waals surface area contributed by atoms with E-state index in [0.29, 0.717) is 18.5 Å². The number of hydrogen-bond acceptors (Lipinski definition) is 4. The van der Waals surface area contributed by atoms with E-state index < -0.39 is 5.60 Å². The summed E-state index contributed by atoms with van der Waals surface area (Å²) in [6.45, 7) is 7.89. The van der Waals surface area contributed by atoms with Crippen molar-refractivity contribution in [1.82, 2.24) is 10.6 Å². The molecule has 2 N–H and O–H groups in total. The first-order valence-corrected chi connectivity index (χ1v) is 7.11. The Labute approximate surface area is 116 Å². The van der Waals surface area contributed by atoms with Gasteiger partial charge in [-0.05, 0) is 39.5 Å². The molecule has 1 saturated carbocycles. The fourth-order valence-corrected chi connectivity index (χ4v) is 2.42. The van der Waals surface area contributed by atoms with Crippen LogP contribution in [0, 0.1) is 5.92 Å². The lowest BCUT2D eigenvalue weighted by atomic mass is 10.0. The summed E-state index contributed by atoms with van der Waals surface area (Å²) in [4.78, 5) is 11.6. The Balaban J connectivity index is 2.25. The predicted molar refractivity (Wildman–Crippen MR) is 75.2 cm³/mol. The first kappa shape index (κ1) is 16.2. The van der Waals surface area contributed by atoms with Crippen molar-refractivity contribution in [1.29, 1.82) is 0 Å². The zero-order valence-corrected chi connectivity index (χ0v) is 12.6. The van der Waals surface area contributed by atoms with Gasteiger partial charge in [0.25, 0.3) is 0 Å². The second-order valence-electron chi connectivity index (χ2n) is 6.13. The summed E-state index contributed by atoms with van der Waals surface area (Å²) in [5.41, 5.74) is -0.435. The topological polar surface area (TPSA) is 59.6 Å². The van der Waals surface area contributed by atoms with Gasteiger partial charge in [-0.25, -0.2) is 4.79 Å². The molecule has 19 heavy (non-hydrogen) atoms. The first-order valence-electron chi connectivity index (χ1n) is 7.11. The number of methoxy groups -OCH3 is 1. The second kappa shape index (κ2) is 7.70. The van der Waals surface area contributed by atoms with Crippen molar-refractivity contribution in [2.24, 2.45) is 5.92 Å². The summed E-state index contributed by atoms with van der Waals surface area (Å²) in [7, 11) is 1.71. The minimum atomic E-state index is -0.435. The van der Waals surface area contributed by atoms with E-state index in [4.69, 9.17) is 9.47 Å². The number of hydrogen-bond donors (Lipinski definition) is 2. The molecule has 1 fully saturated rings. The van der Waals surface area contributed by atoms with Crippen molar-refractivity contribution in [3.8, 4) is 0 Å². The lowest BCUT2D eigenvalue weighted by Gasteiger charge is -2.23. The van der Waals surface area contributed by atoms with Crippen LogP contribution in [-0.2, 0) is 9.47 Å². The molecule has 0 heterocycles. The van der Waals surface area contributed by atoms with Gasteiger partial charge < -0.3 is 20.1 Å². The molecule has 0 aliphatic heterocycles. The summed E-state index contributed by atoms with van der Waals surface area (Å²) in [6.07, 6.45) is 3.21. The van der Waals surface area contributed by atoms with E-state index in [1.165, 1.54) is 12.8 Å². The summed E-state index contributed by atoms with van der Waals surface area (Å²) in [6, 6.07) is 0.477. The van der Waals surface area contributed by atoms with Crippen LogP contribution in [0.3, 0.4) is 0 Å². The molecule has 1 aliphatic rings. The normalized spacial score (nSPS) is 23.4. The third-order valence-electron chi connectivity index (χ3n) is 3.28. The van der Waals surface area contributed by atoms with Crippen LogP contribution in [0.25, 0.3) is 0 Å². The minimum absolute atomic E-state index is 0.324. The van der Waals surface area contributed by atoms with E-state index >= 15 is 0 Å². The van der Waals surface area contributed by atoms with E-state index in [9.17, 15) is 4.79 Å². The van der Waals surface area contributed by atoms with Crippen molar-refractivity contribution < 1.29 is 14.3 Å². The van der Waals surface area contributed by atoms with Crippen LogP contribution >= 0.6 is 0 Å². The van der Waals surface area contributed by atoms with E-state index in [2.05, 4.69) is 10.6 Å². The number of nitrogens with one attached hydrogen (secondary N) is 2. The number of carbonyl (C=O) groups excluding carboxylic acids is 1. The van der Waals surface area contributed by atoms with Crippen LogP contribution in [-0.4, -0.2) is 44.5 Å². The SMILES string of the molecule is COCCNC1CCCC1CNC(=O)OC(C)(C)C. The molecule has 0 radical (unpaired) electrons. The molecule has 1 rings (SSSR count). The van der Waals surface area contributed by atoms with Crippen LogP contribution in [0.15, 0.2) is 0 Å². The molecule has 112 valence electrons. The molecular formula is C14H28N2O3. The molecule has 1 amide bonds. The molecule has 2 unspecified atom stereocenters. The van der Waals surface area contributed by atoms with E-state index in [-0.39, 0.29) is 6.09 Å². The summed E-state index contributed by atoms with van der Waals surface area (Å²) >= 11 is 0. The summed E-state index contributed by atoms with van der Waals surface area (Å²) < 4.78 is 10.3. The van der Waals surface area contributed by atoms with Gasteiger partial charge in [-0.15, -0.1) is 0 Å². The fraction of sp³-hybridized carbons (Fsp3) is 0.929. The van der Waals surface area contributed by atoms with Gasteiger partial charge in [-0.2, -0.15) is 0 Å². The molecule has 1 aliphatic carbocycles. The standard InChI is InChI=1S/C14H28N2O3/c1-14(2,3)19-13(17)16-10-11-6-5-7-12(11)15-8-9-18-4/h11-12,15H,5-10H2,1-4H3,(H,16,17). The van der Waals surface area contributed by atoms with E-state index in [1.807, 2.05) is 20.8 Å². The maximum Gasteiger partial charge on any atom is 0.407 e. The molecular weight excluding hydrogens is 244 g/mol. The van der Waals surface area contributed by atoms with Gasteiger partial charge in [0.05, 0.1) is 6.61 Å². The van der Waals surface area contributed by atoms with Crippen molar-refractivity contribution >= 4 is 6.09 Å². The Morgan fingerprint density at radius 2 is 2.05 bits per heavy atom. The molecule has 0 aromatic heterocycles. The zero-order chi connectivity index (χ0) is 14.3. The number of alkyl carbamates (subject to hydrolysis) is 1. The van der Waals surface area contributed by atoms with Gasteiger partial charge in [-0.1, -0.05) is 6.42 Å². The second-order valence-corrected chi connectivity index (χ2v) is 6.13. The maximum absolute atomic E-state index is 11.6. The smallest absolute Gasteiger partial charge is 0.407 e. The highest BCUT2D eigenvalue weighted by atomic mass is 16.6. The van der Waals surface area contributed by atoms with Crippen molar-refractivity contribution in [2.75, 3.05) is 26.8 Å². The predicted octanol–water partition coefficient (Wildman–Crippen LogP) is 1.92. The van der Waals surface area contributed by atoms with E-state index in [0.717, 1.165) is 19.6 Å². The van der Waals surface area contributed by atoms with Gasteiger partial charge >= 0.3 is 6.09 Å². The number of amides is 1. The quantitative estimate of drug-likeness (QED) is 0.725. The van der Waals surface area contributed by atoms with Crippen molar-refractivity contribution in [3.05, 3.63) is 0 Å². The fourth-order valence-electron chi connectivity index (χ4n) is 2.42. The number of rotatable bonds is 6. The molecule has 0 aromatic carbocycles. The van der Waals surface area contributed by atoms with Gasteiger partial charge in [0.15, 0.2) is 0 Å². The van der Waals surface area contributed by atoms with Crippen LogP contribution in [0.5, 0.6) is 0 Å². The summed E-state index contributed by atoms with van der Waals surface area (Å²) in [5.74, 6) is 0.490. The van der Waals surface area contributed by atoms with Gasteiger partial charge in [0, 0.05) is 26.2 Å². The lowest BCUT2D eigenvalue weighted by molar-refractivity contribution is 0.0517. The Morgan fingerprint density at radius 1 is 1.32 bits per heavy atom. The number of ether oxygens (including phenoxy) is 2. The lowest BCUT2D eigenvalue weighted by Crippen LogP contribution is -2.41. The minimum Gasteiger partial charge on any atom is -0.444 e. The van der Waals surface area contributed by atoms with Gasteiger partial charge in [-0.3, -0.25) is 0 Å². The third-order valence-corrected chi connectivity index (χ3v) is 3.28. The third kappa shape index (κ3) is 6.78. The zero-order valence-electron chi connectivity index (χ0n) is 12.6. The van der Waals surface area contributed by atoms with Crippen molar-refractivity contribution in [3.63, 3.8) is 0 Å². The van der Waals surface area contributed by atoms with Crippen LogP contribution in [0.1, 0.15) is 40.0 Å². The molecule has 0 saturated heterocycles. The molecule has 0 bridgehead atoms. The van der Waals surface area contributed by atoms with Gasteiger partial charge in [0.2, 0.25) is 0 Å². The highest BCUT2D eigenvalue weighted by molar-refractivity contribution is 5.67. The molecule has 0 aromatic rings. The Morgan fingerprint density at radius 3 is 2.68 bits per heavy atom. The molecule has 5 heteroatoms. The Bertz CT molecular complexity index is 276. The van der Waals surface area contributed by atoms with Crippen LogP contribution in [0.2, 0.25) is 0 Å². The van der Waals surface area contributed by atoms with Crippen molar-refractivity contribution in [2.45, 2.75) is 51.7 Å². The number of carbonyl (C=O) groups is 1. The average molecular weight is 272 g/mol. The highest BCUT2D eigenvalue weighted by Gasteiger charge is 2.27. The molecule has 2 atom stereocenters. The first-order chi connectivity index (χ1) is 8.92. The Kier molecular flexibility index (Phi) is 6.58. The van der Waals surface area contributed by atoms with Crippen LogP contribution in [0.4, 0.5) is 4.79 Å². The Hall–Kier alpha value is -0.810. The molecule has 5 nitrogen and oxygen atoms in total. The van der Waals surface area contributed by atoms with Crippen LogP contribution < -0.4 is 10.6 Å². The van der Waals surface area contributed by atoms with Gasteiger partial charge in [0.1, 0.15) is 5.60 Å². The highest BCUT2D eigenvalue weighted by Crippen LogP contribution is 2.25. The average Bonchev–Trinajstić information content (AvgIpc) is 2.72. The van der Waals surface area contributed by atoms with E-state index in [1.54, 1.807) is 7.11 Å². The molecule has 0 spiro atoms. The maximum atomic E-state index is 11.6. The summed E-state index contributed by atoms with van der Waals surface area (Å²) in [5, 5.41) is 6.36.